The zero-order valence-electron chi connectivity index (χ0n) is 7.90. The van der Waals surface area contributed by atoms with Crippen LogP contribution in [0.2, 0.25) is 0 Å². The molecule has 0 fully saturated rings. The Bertz CT molecular complexity index is 237. The summed E-state index contributed by atoms with van der Waals surface area (Å²) in [5.41, 5.74) is -0.148. The first-order valence-corrected chi connectivity index (χ1v) is 4.60. The van der Waals surface area contributed by atoms with Crippen LogP contribution in [0.15, 0.2) is 12.7 Å². The van der Waals surface area contributed by atoms with Gasteiger partial charge in [0.05, 0.1) is 0 Å². The summed E-state index contributed by atoms with van der Waals surface area (Å²) < 4.78 is 24.2. The molecule has 5 nitrogen and oxygen atoms in total. The Balaban J connectivity index is -0.000000209. The first kappa shape index (κ1) is 19.3. The summed E-state index contributed by atoms with van der Waals surface area (Å²) in [5, 5.41) is 2.71. The Hall–Kier alpha value is -0.283. The molecule has 80 valence electrons. The van der Waals surface area contributed by atoms with Crippen molar-refractivity contribution in [3.63, 3.8) is 0 Å². The van der Waals surface area contributed by atoms with E-state index >= 15 is 0 Å². The summed E-state index contributed by atoms with van der Waals surface area (Å²) in [6, 6.07) is 0. The van der Waals surface area contributed by atoms with E-state index < -0.39 is 11.0 Å². The number of hydrogen-bond acceptors (Lipinski definition) is 3. The third-order valence-corrected chi connectivity index (χ3v) is 0.684. The van der Waals surface area contributed by atoms with E-state index in [4.69, 9.17) is 13.0 Å². The second-order valence-corrected chi connectivity index (χ2v) is 3.66. The van der Waals surface area contributed by atoms with Gasteiger partial charge in [0.1, 0.15) is 0 Å². The molecule has 0 saturated carbocycles. The van der Waals surface area contributed by atoms with Gasteiger partial charge in [0, 0.05) is 5.54 Å². The SMILES string of the molecule is C=CC(=O)NC(C)(C)C.O=[SH](=O)O.[LiH]. The number of carbonyl (C=O) groups is 1. The van der Waals surface area contributed by atoms with Crippen molar-refractivity contribution < 1.29 is 17.8 Å². The molecule has 0 aromatic rings. The minimum atomic E-state index is -3.12. The molecule has 0 saturated heterocycles. The van der Waals surface area contributed by atoms with Crippen LogP contribution in [0.25, 0.3) is 0 Å². The quantitative estimate of drug-likeness (QED) is 0.239. The van der Waals surface area contributed by atoms with Crippen LogP contribution in [0.1, 0.15) is 20.8 Å². The number of thiol groups is 1. The van der Waals surface area contributed by atoms with Crippen molar-refractivity contribution in [2.24, 2.45) is 0 Å². The van der Waals surface area contributed by atoms with Gasteiger partial charge >= 0.3 is 18.9 Å². The maximum absolute atomic E-state index is 10.6. The van der Waals surface area contributed by atoms with Gasteiger partial charge in [-0.05, 0) is 26.8 Å². The van der Waals surface area contributed by atoms with Gasteiger partial charge in [-0.1, -0.05) is 6.58 Å². The topological polar surface area (TPSA) is 83.5 Å². The zero-order chi connectivity index (χ0) is 11.1. The van der Waals surface area contributed by atoms with Crippen molar-refractivity contribution in [1.29, 1.82) is 0 Å². The molecular weight excluding hydrogens is 201 g/mol. The van der Waals surface area contributed by atoms with Crippen LogP contribution in [0, 0.1) is 0 Å². The third-order valence-electron chi connectivity index (χ3n) is 0.684. The Morgan fingerprint density at radius 2 is 1.71 bits per heavy atom. The zero-order valence-corrected chi connectivity index (χ0v) is 8.80. The van der Waals surface area contributed by atoms with Gasteiger partial charge in [-0.3, -0.25) is 9.35 Å². The molecule has 0 heterocycles. The first-order valence-electron chi connectivity index (χ1n) is 3.47. The number of rotatable bonds is 1. The summed E-state index contributed by atoms with van der Waals surface area (Å²) in [6.07, 6.45) is 1.27. The van der Waals surface area contributed by atoms with E-state index in [-0.39, 0.29) is 30.3 Å². The van der Waals surface area contributed by atoms with E-state index in [1.807, 2.05) is 20.8 Å². The molecule has 0 spiro atoms. The molecule has 0 bridgehead atoms. The first-order chi connectivity index (χ1) is 5.69. The fraction of sp³-hybridized carbons (Fsp3) is 0.571. The third kappa shape index (κ3) is 29.8. The molecule has 0 unspecified atom stereocenters. The van der Waals surface area contributed by atoms with E-state index in [9.17, 15) is 4.79 Å². The van der Waals surface area contributed by atoms with E-state index in [0.717, 1.165) is 0 Å². The average Bonchev–Trinajstić information content (AvgIpc) is 1.82. The van der Waals surface area contributed by atoms with Crippen molar-refractivity contribution in [3.8, 4) is 0 Å². The van der Waals surface area contributed by atoms with Crippen molar-refractivity contribution in [2.45, 2.75) is 26.3 Å². The van der Waals surface area contributed by atoms with Crippen molar-refractivity contribution in [2.75, 3.05) is 0 Å². The molecule has 0 aliphatic carbocycles. The van der Waals surface area contributed by atoms with Gasteiger partial charge in [0.15, 0.2) is 0 Å². The molecule has 0 aliphatic heterocycles. The summed E-state index contributed by atoms with van der Waals surface area (Å²) in [4.78, 5) is 10.6. The predicted molar refractivity (Wildman–Crippen MR) is 58.2 cm³/mol. The number of carbonyl (C=O) groups excluding carboxylic acids is 1. The number of amides is 1. The molecule has 14 heavy (non-hydrogen) atoms. The Kier molecular flexibility index (Phi) is 12.8. The van der Waals surface area contributed by atoms with Crippen molar-refractivity contribution in [3.05, 3.63) is 12.7 Å². The molecule has 0 aliphatic rings. The van der Waals surface area contributed by atoms with E-state index in [1.54, 1.807) is 0 Å². The fourth-order valence-electron chi connectivity index (χ4n) is 0.421. The standard InChI is InChI=1S/C7H13NO.Li.H2O3S.H/c1-5-6(9)8-7(2,3)4;;1-4(2)3;/h5H,1H2,2-4H3,(H,8,9);;4H,(H,1,2,3);. The second-order valence-electron chi connectivity index (χ2n) is 3.18. The summed E-state index contributed by atoms with van der Waals surface area (Å²) >= 11 is 0. The fourth-order valence-corrected chi connectivity index (χ4v) is 0.421. The van der Waals surface area contributed by atoms with E-state index in [1.165, 1.54) is 6.08 Å². The van der Waals surface area contributed by atoms with Crippen molar-refractivity contribution in [1.82, 2.24) is 5.32 Å². The minimum absolute atomic E-state index is 0. The average molecular weight is 217 g/mol. The molecule has 0 atom stereocenters. The molecule has 1 amide bonds. The Morgan fingerprint density at radius 1 is 1.43 bits per heavy atom. The second kappa shape index (κ2) is 9.28. The van der Waals surface area contributed by atoms with Crippen LogP contribution in [0.3, 0.4) is 0 Å². The van der Waals surface area contributed by atoms with Gasteiger partial charge in [0.25, 0.3) is 11.0 Å². The Morgan fingerprint density at radius 3 is 1.79 bits per heavy atom. The van der Waals surface area contributed by atoms with Gasteiger partial charge in [-0.15, -0.1) is 0 Å². The summed E-state index contributed by atoms with van der Waals surface area (Å²) in [7, 11) is -3.12. The van der Waals surface area contributed by atoms with E-state index in [2.05, 4.69) is 11.9 Å². The van der Waals surface area contributed by atoms with Crippen LogP contribution in [0.5, 0.6) is 0 Å². The van der Waals surface area contributed by atoms with Gasteiger partial charge in [0.2, 0.25) is 5.91 Å². The summed E-state index contributed by atoms with van der Waals surface area (Å²) in [5.74, 6) is -0.123. The normalized spacial score (nSPS) is 9.21. The van der Waals surface area contributed by atoms with Gasteiger partial charge in [-0.2, -0.15) is 0 Å². The molecule has 0 rings (SSSR count). The van der Waals surface area contributed by atoms with Gasteiger partial charge < -0.3 is 5.32 Å². The van der Waals surface area contributed by atoms with E-state index in [0.29, 0.717) is 0 Å². The molecule has 0 aromatic heterocycles. The number of nitrogens with one attached hydrogen (secondary N) is 1. The maximum atomic E-state index is 10.6. The molecule has 0 radical (unpaired) electrons. The molecule has 7 heteroatoms. The molecule has 2 N–H and O–H groups in total. The molecule has 0 aromatic carbocycles. The monoisotopic (exact) mass is 217 g/mol. The van der Waals surface area contributed by atoms with Crippen LogP contribution in [-0.4, -0.2) is 43.3 Å². The van der Waals surface area contributed by atoms with Crippen molar-refractivity contribution >= 4 is 35.8 Å². The van der Waals surface area contributed by atoms with Crippen LogP contribution < -0.4 is 5.32 Å². The van der Waals surface area contributed by atoms with Crippen LogP contribution in [0.4, 0.5) is 0 Å². The number of hydrogen-bond donors (Lipinski definition) is 3. The Labute approximate surface area is 97.9 Å². The predicted octanol–water partition coefficient (Wildman–Crippen LogP) is -0.491. The molecular formula is C7H16LiNO4S. The van der Waals surface area contributed by atoms with Gasteiger partial charge in [-0.25, -0.2) is 8.42 Å². The van der Waals surface area contributed by atoms with Crippen LogP contribution in [-0.2, 0) is 15.8 Å². The summed E-state index contributed by atoms with van der Waals surface area (Å²) in [6.45, 7) is 9.11. The van der Waals surface area contributed by atoms with Crippen LogP contribution >= 0.6 is 0 Å².